The summed E-state index contributed by atoms with van der Waals surface area (Å²) >= 11 is 0. The number of carbonyl (C=O) groups is 1. The molecule has 0 heterocycles. The van der Waals surface area contributed by atoms with E-state index in [4.69, 9.17) is 9.05 Å². The number of nitrogens with one attached hydrogen (secondary N) is 1. The number of rotatable bonds is 52. The van der Waals surface area contributed by atoms with Crippen molar-refractivity contribution in [1.29, 1.82) is 0 Å². The monoisotopic (exact) mass is 940 g/mol. The fourth-order valence-corrected chi connectivity index (χ4v) is 9.21. The van der Waals surface area contributed by atoms with Crippen molar-refractivity contribution in [2.24, 2.45) is 0 Å². The molecule has 0 aliphatic rings. The molecule has 9 heteroatoms. The van der Waals surface area contributed by atoms with Crippen molar-refractivity contribution in [3.05, 3.63) is 24.3 Å². The van der Waals surface area contributed by atoms with Crippen molar-refractivity contribution < 1.29 is 32.9 Å². The van der Waals surface area contributed by atoms with Gasteiger partial charge < -0.3 is 19.8 Å². The molecule has 65 heavy (non-hydrogen) atoms. The minimum atomic E-state index is -4.35. The number of amides is 1. The Morgan fingerprint density at radius 3 is 1.23 bits per heavy atom. The summed E-state index contributed by atoms with van der Waals surface area (Å²) in [6.07, 6.45) is 59.9. The Labute approximate surface area is 404 Å². The van der Waals surface area contributed by atoms with Gasteiger partial charge in [0.1, 0.15) is 13.2 Å². The zero-order valence-corrected chi connectivity index (χ0v) is 44.9. The number of carbonyl (C=O) groups excluding carboxylic acids is 1. The van der Waals surface area contributed by atoms with Crippen LogP contribution in [0.2, 0.25) is 0 Å². The van der Waals surface area contributed by atoms with Gasteiger partial charge in [0.05, 0.1) is 39.9 Å². The van der Waals surface area contributed by atoms with E-state index in [1.54, 1.807) is 6.08 Å². The van der Waals surface area contributed by atoms with Crippen molar-refractivity contribution in [1.82, 2.24) is 5.32 Å². The molecule has 0 spiro atoms. The number of allylic oxidation sites excluding steroid dienone is 3. The standard InChI is InChI=1S/C56H111N2O6P/c1-6-8-10-12-14-16-18-20-22-24-26-28-29-30-32-34-36-38-40-42-44-46-48-50-56(60)57-54(53-64-65(61,62)63-52-51-58(3,4)5)55(59)49-47-45-43-41-39-37-35-33-31-27-25-23-21-19-17-15-13-11-9-7-2/h39,41,47,49,54-55,59H,6-38,40,42-46,48,50-53H2,1-5H3,(H-,57,60,61,62)/p+1/b41-39+,49-47+. The summed E-state index contributed by atoms with van der Waals surface area (Å²) in [6, 6.07) is -0.860. The first-order valence-electron chi connectivity index (χ1n) is 28.2. The summed E-state index contributed by atoms with van der Waals surface area (Å²) in [5, 5.41) is 13.9. The molecule has 0 aromatic heterocycles. The molecule has 0 saturated heterocycles. The number of likely N-dealkylation sites (N-methyl/N-ethyl adjacent to an activating group) is 1. The van der Waals surface area contributed by atoms with E-state index < -0.39 is 20.0 Å². The third-order valence-electron chi connectivity index (χ3n) is 12.9. The van der Waals surface area contributed by atoms with Crippen molar-refractivity contribution in [2.45, 2.75) is 289 Å². The average Bonchev–Trinajstić information content (AvgIpc) is 3.26. The van der Waals surface area contributed by atoms with Crippen molar-refractivity contribution in [2.75, 3.05) is 40.9 Å². The van der Waals surface area contributed by atoms with Crippen molar-refractivity contribution in [3.63, 3.8) is 0 Å². The maximum atomic E-state index is 13.0. The first-order chi connectivity index (χ1) is 31.5. The van der Waals surface area contributed by atoms with E-state index >= 15 is 0 Å². The molecule has 0 aliphatic carbocycles. The first-order valence-corrected chi connectivity index (χ1v) is 29.7. The Hall–Kier alpha value is -1.02. The highest BCUT2D eigenvalue weighted by Gasteiger charge is 2.27. The number of hydrogen-bond acceptors (Lipinski definition) is 5. The second-order valence-corrected chi connectivity index (χ2v) is 22.1. The van der Waals surface area contributed by atoms with Gasteiger partial charge in [-0.05, 0) is 32.1 Å². The van der Waals surface area contributed by atoms with E-state index in [0.29, 0.717) is 17.4 Å². The van der Waals surface area contributed by atoms with Crippen LogP contribution in [0.3, 0.4) is 0 Å². The Balaban J connectivity index is 4.24. The summed E-state index contributed by atoms with van der Waals surface area (Å²) < 4.78 is 23.7. The molecule has 0 aromatic carbocycles. The molecular formula is C56H112N2O6P+. The van der Waals surface area contributed by atoms with Gasteiger partial charge in [-0.15, -0.1) is 0 Å². The fourth-order valence-electron chi connectivity index (χ4n) is 8.47. The van der Waals surface area contributed by atoms with Crippen LogP contribution in [-0.2, 0) is 18.4 Å². The smallest absolute Gasteiger partial charge is 0.387 e. The number of nitrogens with zero attached hydrogens (tertiary/aromatic N) is 1. The molecule has 0 radical (unpaired) electrons. The van der Waals surface area contributed by atoms with Gasteiger partial charge in [0, 0.05) is 6.42 Å². The third-order valence-corrected chi connectivity index (χ3v) is 13.9. The van der Waals surface area contributed by atoms with Crippen LogP contribution in [0, 0.1) is 0 Å². The molecule has 8 nitrogen and oxygen atoms in total. The highest BCUT2D eigenvalue weighted by Crippen LogP contribution is 2.43. The Morgan fingerprint density at radius 1 is 0.508 bits per heavy atom. The van der Waals surface area contributed by atoms with E-state index in [1.807, 2.05) is 27.2 Å². The molecule has 0 aliphatic heterocycles. The van der Waals surface area contributed by atoms with Gasteiger partial charge in [-0.2, -0.15) is 0 Å². The molecule has 3 unspecified atom stereocenters. The van der Waals surface area contributed by atoms with Crippen LogP contribution < -0.4 is 5.32 Å². The molecule has 3 atom stereocenters. The molecule has 0 rings (SSSR count). The molecular weight excluding hydrogens is 828 g/mol. The Kier molecular flexibility index (Phi) is 47.3. The van der Waals surface area contributed by atoms with Gasteiger partial charge in [-0.3, -0.25) is 13.8 Å². The van der Waals surface area contributed by atoms with Crippen LogP contribution in [0.1, 0.15) is 277 Å². The molecule has 386 valence electrons. The minimum absolute atomic E-state index is 0.0587. The second kappa shape index (κ2) is 48.0. The van der Waals surface area contributed by atoms with Gasteiger partial charge in [0.25, 0.3) is 0 Å². The average molecular weight is 940 g/mol. The summed E-state index contributed by atoms with van der Waals surface area (Å²) in [5.41, 5.74) is 0. The summed E-state index contributed by atoms with van der Waals surface area (Å²) in [4.78, 5) is 23.3. The highest BCUT2D eigenvalue weighted by molar-refractivity contribution is 7.47. The third kappa shape index (κ3) is 50.7. The van der Waals surface area contributed by atoms with E-state index in [2.05, 4.69) is 31.3 Å². The number of phosphoric acid groups is 1. The summed E-state index contributed by atoms with van der Waals surface area (Å²) in [7, 11) is 1.57. The van der Waals surface area contributed by atoms with Gasteiger partial charge in [0.15, 0.2) is 0 Å². The fraction of sp³-hybridized carbons (Fsp3) is 0.911. The van der Waals surface area contributed by atoms with Crippen LogP contribution in [0.5, 0.6) is 0 Å². The predicted octanol–water partition coefficient (Wildman–Crippen LogP) is 16.8. The normalized spacial score (nSPS) is 14.1. The van der Waals surface area contributed by atoms with Crippen LogP contribution in [-0.4, -0.2) is 73.4 Å². The number of unbranched alkanes of at least 4 members (excludes halogenated alkanes) is 37. The van der Waals surface area contributed by atoms with E-state index in [-0.39, 0.29) is 19.1 Å². The topological polar surface area (TPSA) is 105 Å². The maximum Gasteiger partial charge on any atom is 0.472 e. The van der Waals surface area contributed by atoms with Gasteiger partial charge in [-0.25, -0.2) is 4.57 Å². The zero-order chi connectivity index (χ0) is 47.8. The zero-order valence-electron chi connectivity index (χ0n) is 44.0. The van der Waals surface area contributed by atoms with Crippen LogP contribution in [0.25, 0.3) is 0 Å². The molecule has 1 amide bonds. The lowest BCUT2D eigenvalue weighted by molar-refractivity contribution is -0.870. The van der Waals surface area contributed by atoms with Crippen molar-refractivity contribution >= 4 is 13.7 Å². The minimum Gasteiger partial charge on any atom is -0.387 e. The van der Waals surface area contributed by atoms with E-state index in [0.717, 1.165) is 38.5 Å². The Bertz CT molecular complexity index is 1110. The lowest BCUT2D eigenvalue weighted by atomic mass is 10.0. The number of hydrogen-bond donors (Lipinski definition) is 3. The maximum absolute atomic E-state index is 13.0. The Morgan fingerprint density at radius 2 is 0.846 bits per heavy atom. The van der Waals surface area contributed by atoms with Gasteiger partial charge >= 0.3 is 7.82 Å². The molecule has 0 aromatic rings. The molecule has 3 N–H and O–H groups in total. The first kappa shape index (κ1) is 64.0. The number of phosphoric ester groups is 1. The molecule has 0 bridgehead atoms. The second-order valence-electron chi connectivity index (χ2n) is 20.7. The van der Waals surface area contributed by atoms with Crippen molar-refractivity contribution in [3.8, 4) is 0 Å². The summed E-state index contributed by atoms with van der Waals surface area (Å²) in [5.74, 6) is -0.181. The lowest BCUT2D eigenvalue weighted by Crippen LogP contribution is -2.45. The van der Waals surface area contributed by atoms with E-state index in [9.17, 15) is 19.4 Å². The molecule has 0 saturated carbocycles. The summed E-state index contributed by atoms with van der Waals surface area (Å²) in [6.45, 7) is 4.84. The van der Waals surface area contributed by atoms with Crippen LogP contribution >= 0.6 is 7.82 Å². The van der Waals surface area contributed by atoms with Crippen LogP contribution in [0.4, 0.5) is 0 Å². The number of quaternary nitrogens is 1. The van der Waals surface area contributed by atoms with Crippen LogP contribution in [0.15, 0.2) is 24.3 Å². The molecule has 0 fully saturated rings. The van der Waals surface area contributed by atoms with Gasteiger partial charge in [-0.1, -0.05) is 263 Å². The lowest BCUT2D eigenvalue weighted by Gasteiger charge is -2.25. The van der Waals surface area contributed by atoms with Gasteiger partial charge in [0.2, 0.25) is 5.91 Å². The number of aliphatic hydroxyl groups is 1. The highest BCUT2D eigenvalue weighted by atomic mass is 31.2. The predicted molar refractivity (Wildman–Crippen MR) is 281 cm³/mol. The number of aliphatic hydroxyl groups excluding tert-OH is 1. The SMILES string of the molecule is CCCCCCCCCCCCCCCC/C=C/CC/C=C/C(O)C(COP(=O)(O)OCC[N+](C)(C)C)NC(=O)CCCCCCCCCCCCCCCCCCCCCCCCC. The largest absolute Gasteiger partial charge is 0.472 e. The van der Waals surface area contributed by atoms with E-state index in [1.165, 1.54) is 218 Å². The quantitative estimate of drug-likeness (QED) is 0.0243.